The van der Waals surface area contributed by atoms with E-state index >= 15 is 0 Å². The van der Waals surface area contributed by atoms with Gasteiger partial charge in [0, 0.05) is 5.92 Å². The molecular weight excluding hydrogens is 152 g/mol. The minimum atomic E-state index is -0.189. The number of carbonyl (C=O) groups excluding carboxylic acids is 1. The molecule has 2 heteroatoms. The predicted molar refractivity (Wildman–Crippen MR) is 45.6 cm³/mol. The molecule has 0 aromatic heterocycles. The lowest BCUT2D eigenvalue weighted by atomic mass is 9.81. The van der Waals surface area contributed by atoms with Gasteiger partial charge in [0.2, 0.25) is 0 Å². The van der Waals surface area contributed by atoms with Crippen LogP contribution in [0.5, 0.6) is 0 Å². The van der Waals surface area contributed by atoms with Crippen molar-refractivity contribution in [2.24, 2.45) is 5.92 Å². The molecule has 2 aliphatic rings. The maximum atomic E-state index is 10.8. The lowest BCUT2D eigenvalue weighted by molar-refractivity contribution is -0.160. The first-order chi connectivity index (χ1) is 5.79. The number of esters is 1. The van der Waals surface area contributed by atoms with Crippen molar-refractivity contribution in [1.82, 2.24) is 0 Å². The quantitative estimate of drug-likeness (QED) is 0.440. The lowest BCUT2D eigenvalue weighted by Gasteiger charge is -2.36. The fourth-order valence-corrected chi connectivity index (χ4v) is 2.14. The number of hydrogen-bond acceptors (Lipinski definition) is 2. The molecule has 1 saturated heterocycles. The number of carbonyl (C=O) groups is 1. The van der Waals surface area contributed by atoms with Crippen LogP contribution in [0.15, 0.2) is 12.2 Å². The third kappa shape index (κ3) is 1.15. The van der Waals surface area contributed by atoms with Gasteiger partial charge in [-0.05, 0) is 12.8 Å². The fraction of sp³-hybridized carbons (Fsp3) is 0.700. The third-order valence-corrected chi connectivity index (χ3v) is 2.92. The molecule has 66 valence electrons. The second-order valence-corrected chi connectivity index (χ2v) is 3.75. The van der Waals surface area contributed by atoms with Crippen LogP contribution < -0.4 is 0 Å². The largest absolute Gasteiger partial charge is 0.453 e. The maximum absolute atomic E-state index is 10.8. The van der Waals surface area contributed by atoms with E-state index in [9.17, 15) is 4.79 Å². The van der Waals surface area contributed by atoms with E-state index < -0.39 is 0 Å². The van der Waals surface area contributed by atoms with E-state index in [2.05, 4.69) is 6.58 Å². The summed E-state index contributed by atoms with van der Waals surface area (Å²) in [7, 11) is 0. The van der Waals surface area contributed by atoms with Crippen molar-refractivity contribution in [3.8, 4) is 0 Å². The molecular formula is C10H14O2. The zero-order chi connectivity index (χ0) is 8.55. The van der Waals surface area contributed by atoms with Crippen LogP contribution in [0.25, 0.3) is 0 Å². The molecule has 1 aliphatic heterocycles. The van der Waals surface area contributed by atoms with Crippen LogP contribution in [0.2, 0.25) is 0 Å². The monoisotopic (exact) mass is 166 g/mol. The van der Waals surface area contributed by atoms with Crippen molar-refractivity contribution >= 4 is 5.97 Å². The van der Waals surface area contributed by atoms with Crippen molar-refractivity contribution < 1.29 is 9.53 Å². The van der Waals surface area contributed by atoms with Gasteiger partial charge in [-0.15, -0.1) is 0 Å². The van der Waals surface area contributed by atoms with Crippen LogP contribution in [-0.4, -0.2) is 12.1 Å². The molecule has 0 bridgehead atoms. The Morgan fingerprint density at radius 1 is 1.25 bits per heavy atom. The molecule has 1 atom stereocenters. The summed E-state index contributed by atoms with van der Waals surface area (Å²) in [5.74, 6) is 0.384. The number of hydrogen-bond donors (Lipinski definition) is 0. The number of rotatable bonds is 1. The van der Waals surface area contributed by atoms with Gasteiger partial charge in [0.15, 0.2) is 0 Å². The Morgan fingerprint density at radius 3 is 2.42 bits per heavy atom. The van der Waals surface area contributed by atoms with Crippen molar-refractivity contribution in [1.29, 1.82) is 0 Å². The number of ether oxygens (including phenoxy) is 1. The van der Waals surface area contributed by atoms with Crippen molar-refractivity contribution in [2.45, 2.75) is 38.2 Å². The van der Waals surface area contributed by atoms with E-state index in [-0.39, 0.29) is 12.1 Å². The Bertz CT molecular complexity index is 214. The standard InChI is InChI=1S/C10H14O2/c1-7-9(12-10(7)11)8-5-3-2-4-6-8/h8-9H,1-6H2/t9-/m1/s1. The molecule has 0 aromatic rings. The topological polar surface area (TPSA) is 26.3 Å². The summed E-state index contributed by atoms with van der Waals surface area (Å²) < 4.78 is 5.05. The second-order valence-electron chi connectivity index (χ2n) is 3.75. The van der Waals surface area contributed by atoms with Gasteiger partial charge in [0.1, 0.15) is 6.10 Å². The molecule has 0 unspecified atom stereocenters. The minimum absolute atomic E-state index is 0.0674. The Kier molecular flexibility index (Phi) is 1.91. The van der Waals surface area contributed by atoms with E-state index in [1.54, 1.807) is 0 Å². The zero-order valence-corrected chi connectivity index (χ0v) is 7.21. The first-order valence-corrected chi connectivity index (χ1v) is 4.69. The van der Waals surface area contributed by atoms with Gasteiger partial charge in [-0.3, -0.25) is 0 Å². The summed E-state index contributed by atoms with van der Waals surface area (Å²) >= 11 is 0. The summed E-state index contributed by atoms with van der Waals surface area (Å²) in [4.78, 5) is 10.8. The van der Waals surface area contributed by atoms with E-state index in [0.29, 0.717) is 11.5 Å². The highest BCUT2D eigenvalue weighted by Gasteiger charge is 2.40. The van der Waals surface area contributed by atoms with Crippen LogP contribution >= 0.6 is 0 Å². The van der Waals surface area contributed by atoms with Gasteiger partial charge in [-0.1, -0.05) is 25.8 Å². The second kappa shape index (κ2) is 2.92. The molecule has 2 fully saturated rings. The van der Waals surface area contributed by atoms with Crippen molar-refractivity contribution in [3.05, 3.63) is 12.2 Å². The molecule has 1 aliphatic carbocycles. The average Bonchev–Trinajstić information content (AvgIpc) is 2.15. The molecule has 0 radical (unpaired) electrons. The molecule has 0 amide bonds. The summed E-state index contributed by atoms with van der Waals surface area (Å²) in [6.07, 6.45) is 6.38. The van der Waals surface area contributed by atoms with Crippen LogP contribution in [-0.2, 0) is 9.53 Å². The molecule has 12 heavy (non-hydrogen) atoms. The van der Waals surface area contributed by atoms with Crippen LogP contribution in [0.3, 0.4) is 0 Å². The minimum Gasteiger partial charge on any atom is -0.453 e. The highest BCUT2D eigenvalue weighted by Crippen LogP contribution is 2.35. The molecule has 0 N–H and O–H groups in total. The SMILES string of the molecule is C=C1C(=O)O[C@H]1C1CCCCC1. The van der Waals surface area contributed by atoms with Gasteiger partial charge >= 0.3 is 5.97 Å². The Labute approximate surface area is 72.6 Å². The average molecular weight is 166 g/mol. The predicted octanol–water partition coefficient (Wildman–Crippen LogP) is 2.05. The number of cyclic esters (lactones) is 1. The summed E-state index contributed by atoms with van der Waals surface area (Å²) in [5.41, 5.74) is 0.696. The van der Waals surface area contributed by atoms with Crippen LogP contribution in [0, 0.1) is 5.92 Å². The molecule has 0 spiro atoms. The van der Waals surface area contributed by atoms with Gasteiger partial charge in [0.25, 0.3) is 0 Å². The fourth-order valence-electron chi connectivity index (χ4n) is 2.14. The molecule has 1 heterocycles. The first kappa shape index (κ1) is 7.84. The molecule has 1 saturated carbocycles. The van der Waals surface area contributed by atoms with Gasteiger partial charge in [0.05, 0.1) is 5.57 Å². The lowest BCUT2D eigenvalue weighted by Crippen LogP contribution is -2.42. The molecule has 2 rings (SSSR count). The normalized spacial score (nSPS) is 31.2. The smallest absolute Gasteiger partial charge is 0.337 e. The third-order valence-electron chi connectivity index (χ3n) is 2.92. The van der Waals surface area contributed by atoms with E-state index in [4.69, 9.17) is 4.74 Å². The van der Waals surface area contributed by atoms with Gasteiger partial charge in [-0.2, -0.15) is 0 Å². The summed E-state index contributed by atoms with van der Waals surface area (Å²) in [6.45, 7) is 3.72. The van der Waals surface area contributed by atoms with Gasteiger partial charge < -0.3 is 4.74 Å². The Hall–Kier alpha value is -0.790. The van der Waals surface area contributed by atoms with E-state index in [1.165, 1.54) is 32.1 Å². The summed E-state index contributed by atoms with van der Waals surface area (Å²) in [6, 6.07) is 0. The van der Waals surface area contributed by atoms with E-state index in [0.717, 1.165) is 0 Å². The zero-order valence-electron chi connectivity index (χ0n) is 7.21. The summed E-state index contributed by atoms with van der Waals surface area (Å²) in [5, 5.41) is 0. The Balaban J connectivity index is 1.92. The molecule has 0 aromatic carbocycles. The first-order valence-electron chi connectivity index (χ1n) is 4.69. The highest BCUT2D eigenvalue weighted by molar-refractivity contribution is 5.94. The Morgan fingerprint density at radius 2 is 1.92 bits per heavy atom. The maximum Gasteiger partial charge on any atom is 0.337 e. The van der Waals surface area contributed by atoms with Crippen molar-refractivity contribution in [2.75, 3.05) is 0 Å². The molecule has 2 nitrogen and oxygen atoms in total. The van der Waals surface area contributed by atoms with Crippen molar-refractivity contribution in [3.63, 3.8) is 0 Å². The van der Waals surface area contributed by atoms with Crippen LogP contribution in [0.4, 0.5) is 0 Å². The van der Waals surface area contributed by atoms with Gasteiger partial charge in [-0.25, -0.2) is 4.79 Å². The van der Waals surface area contributed by atoms with E-state index in [1.807, 2.05) is 0 Å². The van der Waals surface area contributed by atoms with Crippen LogP contribution in [0.1, 0.15) is 32.1 Å². The highest BCUT2D eigenvalue weighted by atomic mass is 16.6.